The third-order valence-corrected chi connectivity index (χ3v) is 3.68. The first-order valence-corrected chi connectivity index (χ1v) is 6.63. The predicted molar refractivity (Wildman–Crippen MR) is 80.0 cm³/mol. The molecule has 0 aromatic heterocycles. The van der Waals surface area contributed by atoms with Crippen molar-refractivity contribution in [1.29, 1.82) is 0 Å². The minimum absolute atomic E-state index is 0.550. The highest BCUT2D eigenvalue weighted by Gasteiger charge is 2.01. The lowest BCUT2D eigenvalue weighted by Crippen LogP contribution is -2.01. The van der Waals surface area contributed by atoms with Crippen LogP contribution in [0.3, 0.4) is 0 Å². The van der Waals surface area contributed by atoms with Crippen LogP contribution in [-0.2, 0) is 6.54 Å². The van der Waals surface area contributed by atoms with Crippen molar-refractivity contribution in [2.45, 2.75) is 13.5 Å². The predicted octanol–water partition coefficient (Wildman–Crippen LogP) is 5.57. The molecule has 0 saturated carbocycles. The van der Waals surface area contributed by atoms with Gasteiger partial charge in [-0.1, -0.05) is 40.9 Å². The van der Waals surface area contributed by atoms with E-state index in [4.69, 9.17) is 34.8 Å². The number of hydrogen-bond donors (Lipinski definition) is 1. The first kappa shape index (κ1) is 13.5. The fourth-order valence-corrected chi connectivity index (χ4v) is 2.19. The highest BCUT2D eigenvalue weighted by Crippen LogP contribution is 2.25. The van der Waals surface area contributed by atoms with Crippen molar-refractivity contribution in [3.8, 4) is 0 Å². The summed E-state index contributed by atoms with van der Waals surface area (Å²) < 4.78 is 0. The molecule has 18 heavy (non-hydrogen) atoms. The van der Waals surface area contributed by atoms with Crippen molar-refractivity contribution < 1.29 is 0 Å². The summed E-state index contributed by atoms with van der Waals surface area (Å²) in [5, 5.41) is 5.17. The van der Waals surface area contributed by atoms with Gasteiger partial charge >= 0.3 is 0 Å². The zero-order chi connectivity index (χ0) is 13.1. The number of nitrogens with one attached hydrogen (secondary N) is 1. The summed E-state index contributed by atoms with van der Waals surface area (Å²) >= 11 is 17.7. The van der Waals surface area contributed by atoms with E-state index in [0.717, 1.165) is 22.8 Å². The summed E-state index contributed by atoms with van der Waals surface area (Å²) in [6.45, 7) is 2.76. The lowest BCUT2D eigenvalue weighted by atomic mass is 10.1. The van der Waals surface area contributed by atoms with Crippen LogP contribution in [-0.4, -0.2) is 0 Å². The lowest BCUT2D eigenvalue weighted by molar-refractivity contribution is 1.12. The van der Waals surface area contributed by atoms with Gasteiger partial charge in [0.25, 0.3) is 0 Å². The van der Waals surface area contributed by atoms with Gasteiger partial charge in [-0.05, 0) is 48.4 Å². The third-order valence-electron chi connectivity index (χ3n) is 2.71. The lowest BCUT2D eigenvalue weighted by Gasteiger charge is -2.10. The SMILES string of the molecule is Cc1cc(Cl)ccc1CNc1ccc(Cl)c(Cl)c1. The molecule has 0 aliphatic heterocycles. The number of aryl methyl sites for hydroxylation is 1. The van der Waals surface area contributed by atoms with E-state index in [9.17, 15) is 0 Å². The Labute approximate surface area is 122 Å². The number of rotatable bonds is 3. The number of halogens is 3. The van der Waals surface area contributed by atoms with Gasteiger partial charge < -0.3 is 5.32 Å². The van der Waals surface area contributed by atoms with E-state index >= 15 is 0 Å². The van der Waals surface area contributed by atoms with E-state index in [1.54, 1.807) is 6.07 Å². The quantitative estimate of drug-likeness (QED) is 0.781. The van der Waals surface area contributed by atoms with Crippen LogP contribution in [0, 0.1) is 6.92 Å². The smallest absolute Gasteiger partial charge is 0.0612 e. The van der Waals surface area contributed by atoms with Crippen molar-refractivity contribution in [3.05, 3.63) is 62.6 Å². The Kier molecular flexibility index (Phi) is 4.39. The molecule has 0 saturated heterocycles. The molecule has 0 fully saturated rings. The van der Waals surface area contributed by atoms with Gasteiger partial charge in [0.15, 0.2) is 0 Å². The molecule has 0 atom stereocenters. The van der Waals surface area contributed by atoms with E-state index in [0.29, 0.717) is 10.0 Å². The normalized spacial score (nSPS) is 10.4. The van der Waals surface area contributed by atoms with Crippen LogP contribution in [0.4, 0.5) is 5.69 Å². The molecule has 0 unspecified atom stereocenters. The van der Waals surface area contributed by atoms with E-state index in [1.165, 1.54) is 5.56 Å². The standard InChI is InChI=1S/C14H12Cl3N/c1-9-6-11(15)3-2-10(9)8-18-12-4-5-13(16)14(17)7-12/h2-7,18H,8H2,1H3. The highest BCUT2D eigenvalue weighted by atomic mass is 35.5. The second kappa shape index (κ2) is 5.83. The largest absolute Gasteiger partial charge is 0.381 e. The van der Waals surface area contributed by atoms with Gasteiger partial charge in [0.05, 0.1) is 10.0 Å². The molecule has 4 heteroatoms. The molecule has 2 aromatic rings. The Morgan fingerprint density at radius 2 is 1.72 bits per heavy atom. The molecular formula is C14H12Cl3N. The first-order valence-electron chi connectivity index (χ1n) is 5.50. The van der Waals surface area contributed by atoms with Crippen LogP contribution in [0.15, 0.2) is 36.4 Å². The van der Waals surface area contributed by atoms with Crippen LogP contribution in [0.2, 0.25) is 15.1 Å². The van der Waals surface area contributed by atoms with Crippen LogP contribution in [0.1, 0.15) is 11.1 Å². The molecular weight excluding hydrogens is 289 g/mol. The molecule has 1 N–H and O–H groups in total. The van der Waals surface area contributed by atoms with Crippen molar-refractivity contribution in [2.24, 2.45) is 0 Å². The van der Waals surface area contributed by atoms with Gasteiger partial charge in [-0.25, -0.2) is 0 Å². The maximum absolute atomic E-state index is 5.96. The maximum Gasteiger partial charge on any atom is 0.0612 e. The fourth-order valence-electron chi connectivity index (χ4n) is 1.66. The van der Waals surface area contributed by atoms with Gasteiger partial charge in [-0.15, -0.1) is 0 Å². The molecule has 1 nitrogen and oxygen atoms in total. The molecule has 0 heterocycles. The van der Waals surface area contributed by atoms with E-state index in [2.05, 4.69) is 5.32 Å². The van der Waals surface area contributed by atoms with Gasteiger partial charge in [-0.3, -0.25) is 0 Å². The topological polar surface area (TPSA) is 12.0 Å². The minimum atomic E-state index is 0.550. The molecule has 0 spiro atoms. The van der Waals surface area contributed by atoms with E-state index in [1.807, 2.05) is 37.3 Å². The molecule has 0 aliphatic carbocycles. The van der Waals surface area contributed by atoms with Gasteiger partial charge in [-0.2, -0.15) is 0 Å². The first-order chi connectivity index (χ1) is 8.56. The average Bonchev–Trinajstić information content (AvgIpc) is 2.32. The summed E-state index contributed by atoms with van der Waals surface area (Å²) in [6.07, 6.45) is 0. The minimum Gasteiger partial charge on any atom is -0.381 e. The maximum atomic E-state index is 5.96. The number of anilines is 1. The Morgan fingerprint density at radius 3 is 2.39 bits per heavy atom. The fraction of sp³-hybridized carbons (Fsp3) is 0.143. The summed E-state index contributed by atoms with van der Waals surface area (Å²) in [5.41, 5.74) is 3.30. The van der Waals surface area contributed by atoms with Gasteiger partial charge in [0.2, 0.25) is 0 Å². The molecule has 2 aromatic carbocycles. The van der Waals surface area contributed by atoms with Crippen molar-refractivity contribution in [3.63, 3.8) is 0 Å². The van der Waals surface area contributed by atoms with Crippen molar-refractivity contribution >= 4 is 40.5 Å². The summed E-state index contributed by atoms with van der Waals surface area (Å²) in [5.74, 6) is 0. The van der Waals surface area contributed by atoms with Crippen LogP contribution in [0.25, 0.3) is 0 Å². The van der Waals surface area contributed by atoms with Gasteiger partial charge in [0.1, 0.15) is 0 Å². The second-order valence-corrected chi connectivity index (χ2v) is 5.30. The summed E-state index contributed by atoms with van der Waals surface area (Å²) in [7, 11) is 0. The summed E-state index contributed by atoms with van der Waals surface area (Å²) in [4.78, 5) is 0. The number of hydrogen-bond acceptors (Lipinski definition) is 1. The van der Waals surface area contributed by atoms with Gasteiger partial charge in [0, 0.05) is 17.3 Å². The molecule has 0 aliphatic rings. The molecule has 0 amide bonds. The Bertz CT molecular complexity index is 567. The van der Waals surface area contributed by atoms with Crippen LogP contribution >= 0.6 is 34.8 Å². The zero-order valence-corrected chi connectivity index (χ0v) is 12.1. The van der Waals surface area contributed by atoms with E-state index < -0.39 is 0 Å². The Hall–Kier alpha value is -0.890. The molecule has 0 radical (unpaired) electrons. The zero-order valence-electron chi connectivity index (χ0n) is 9.81. The Balaban J connectivity index is 2.09. The van der Waals surface area contributed by atoms with Crippen LogP contribution < -0.4 is 5.32 Å². The average molecular weight is 301 g/mol. The van der Waals surface area contributed by atoms with Crippen molar-refractivity contribution in [2.75, 3.05) is 5.32 Å². The summed E-state index contributed by atoms with van der Waals surface area (Å²) in [6, 6.07) is 11.4. The number of benzene rings is 2. The monoisotopic (exact) mass is 299 g/mol. The molecule has 94 valence electrons. The van der Waals surface area contributed by atoms with Crippen molar-refractivity contribution in [1.82, 2.24) is 0 Å². The third kappa shape index (κ3) is 3.32. The highest BCUT2D eigenvalue weighted by molar-refractivity contribution is 6.42. The van der Waals surface area contributed by atoms with Crippen LogP contribution in [0.5, 0.6) is 0 Å². The molecule has 2 rings (SSSR count). The van der Waals surface area contributed by atoms with E-state index in [-0.39, 0.29) is 0 Å². The second-order valence-electron chi connectivity index (χ2n) is 4.05. The Morgan fingerprint density at radius 1 is 0.944 bits per heavy atom. The molecule has 0 bridgehead atoms.